The van der Waals surface area contributed by atoms with Crippen LogP contribution in [0.15, 0.2) is 36.4 Å². The van der Waals surface area contributed by atoms with Gasteiger partial charge in [-0.25, -0.2) is 9.37 Å². The predicted molar refractivity (Wildman–Crippen MR) is 78.7 cm³/mol. The minimum absolute atomic E-state index is 0.126. The first-order valence-electron chi connectivity index (χ1n) is 6.71. The average Bonchev–Trinajstić information content (AvgIpc) is 2.45. The van der Waals surface area contributed by atoms with Crippen LogP contribution < -0.4 is 5.32 Å². The first-order chi connectivity index (χ1) is 9.69. The Morgan fingerprint density at radius 3 is 3.00 bits per heavy atom. The normalized spacial score (nSPS) is 11.1. The minimum Gasteiger partial charge on any atom is -0.353 e. The number of aromatic nitrogens is 1. The molecule has 0 spiro atoms. The molecule has 0 aliphatic heterocycles. The van der Waals surface area contributed by atoms with Gasteiger partial charge in [0.1, 0.15) is 5.82 Å². The molecule has 0 unspecified atom stereocenters. The van der Waals surface area contributed by atoms with E-state index in [1.165, 1.54) is 18.2 Å². The maximum Gasteiger partial charge on any atom is 0.244 e. The highest BCUT2D eigenvalue weighted by Gasteiger charge is 1.99. The van der Waals surface area contributed by atoms with Crippen molar-refractivity contribution in [3.8, 4) is 0 Å². The molecule has 1 N–H and O–H groups in total. The second-order valence-electron chi connectivity index (χ2n) is 4.55. The zero-order chi connectivity index (χ0) is 14.4. The molecule has 3 nitrogen and oxygen atoms in total. The third-order valence-electron chi connectivity index (χ3n) is 2.91. The molecule has 0 aliphatic carbocycles. The lowest BCUT2D eigenvalue weighted by Gasteiger charge is -2.00. The van der Waals surface area contributed by atoms with Gasteiger partial charge in [0, 0.05) is 18.0 Å². The van der Waals surface area contributed by atoms with Gasteiger partial charge >= 0.3 is 0 Å². The Kier molecular flexibility index (Phi) is 4.82. The lowest BCUT2D eigenvalue weighted by Crippen LogP contribution is -2.21. The molecule has 1 amide bonds. The predicted octanol–water partition coefficient (Wildman–Crippen LogP) is 3.30. The molecule has 1 heterocycles. The summed E-state index contributed by atoms with van der Waals surface area (Å²) in [5.74, 6) is -0.405. The van der Waals surface area contributed by atoms with E-state index in [4.69, 9.17) is 0 Å². The fourth-order valence-corrected chi connectivity index (χ4v) is 1.81. The molecule has 1 aromatic carbocycles. The molecular formula is C16H17FN2O. The first-order valence-corrected chi connectivity index (χ1v) is 6.71. The van der Waals surface area contributed by atoms with Crippen LogP contribution in [0.25, 0.3) is 17.0 Å². The lowest BCUT2D eigenvalue weighted by molar-refractivity contribution is -0.116. The largest absolute Gasteiger partial charge is 0.353 e. The van der Waals surface area contributed by atoms with Crippen LogP contribution in [0, 0.1) is 5.82 Å². The Morgan fingerprint density at radius 1 is 1.35 bits per heavy atom. The number of fused-ring (bicyclic) bond motifs is 1. The van der Waals surface area contributed by atoms with E-state index in [2.05, 4.69) is 17.2 Å². The van der Waals surface area contributed by atoms with Crippen molar-refractivity contribution in [1.29, 1.82) is 0 Å². The summed E-state index contributed by atoms with van der Waals surface area (Å²) in [4.78, 5) is 15.9. The number of unbranched alkanes of at least 4 members (excludes halogenated alkanes) is 1. The van der Waals surface area contributed by atoms with E-state index in [9.17, 15) is 9.18 Å². The van der Waals surface area contributed by atoms with Gasteiger partial charge in [0.25, 0.3) is 0 Å². The fraction of sp³-hybridized carbons (Fsp3) is 0.250. The molecular weight excluding hydrogens is 255 g/mol. The molecule has 0 fully saturated rings. The number of hydrogen-bond acceptors (Lipinski definition) is 2. The Balaban J connectivity index is 2.06. The highest BCUT2D eigenvalue weighted by atomic mass is 19.1. The molecule has 0 aliphatic rings. The van der Waals surface area contributed by atoms with Crippen molar-refractivity contribution in [2.24, 2.45) is 0 Å². The quantitative estimate of drug-likeness (QED) is 0.670. The number of benzene rings is 1. The van der Waals surface area contributed by atoms with Crippen LogP contribution in [0.2, 0.25) is 0 Å². The molecule has 4 heteroatoms. The van der Waals surface area contributed by atoms with E-state index in [1.54, 1.807) is 24.3 Å². The van der Waals surface area contributed by atoms with E-state index in [0.29, 0.717) is 17.8 Å². The number of halogens is 1. The summed E-state index contributed by atoms with van der Waals surface area (Å²) in [6, 6.07) is 7.99. The number of amides is 1. The van der Waals surface area contributed by atoms with Gasteiger partial charge in [-0.2, -0.15) is 0 Å². The molecule has 0 saturated heterocycles. The maximum absolute atomic E-state index is 13.0. The second-order valence-corrected chi connectivity index (χ2v) is 4.55. The van der Waals surface area contributed by atoms with E-state index >= 15 is 0 Å². The Hall–Kier alpha value is -2.23. The first kappa shape index (κ1) is 14.2. The zero-order valence-corrected chi connectivity index (χ0v) is 11.4. The number of pyridine rings is 1. The molecule has 0 saturated carbocycles. The van der Waals surface area contributed by atoms with Crippen LogP contribution in [0.3, 0.4) is 0 Å². The number of nitrogens with one attached hydrogen (secondary N) is 1. The van der Waals surface area contributed by atoms with Gasteiger partial charge in [-0.15, -0.1) is 0 Å². The van der Waals surface area contributed by atoms with Crippen LogP contribution >= 0.6 is 0 Å². The molecule has 1 aromatic heterocycles. The van der Waals surface area contributed by atoms with Crippen molar-refractivity contribution in [2.75, 3.05) is 6.54 Å². The van der Waals surface area contributed by atoms with Gasteiger partial charge in [-0.1, -0.05) is 19.4 Å². The molecule has 0 bridgehead atoms. The Labute approximate surface area is 117 Å². The van der Waals surface area contributed by atoms with Crippen molar-refractivity contribution < 1.29 is 9.18 Å². The van der Waals surface area contributed by atoms with Crippen molar-refractivity contribution >= 4 is 22.9 Å². The average molecular weight is 272 g/mol. The standard InChI is InChI=1S/C16H17FN2O/c1-2-3-10-18-16(20)9-7-14-6-4-12-11-13(17)5-8-15(12)19-14/h4-9,11H,2-3,10H2,1H3,(H,18,20)/b9-7+. The summed E-state index contributed by atoms with van der Waals surface area (Å²) >= 11 is 0. The van der Waals surface area contributed by atoms with Crippen LogP contribution in [0.5, 0.6) is 0 Å². The van der Waals surface area contributed by atoms with E-state index < -0.39 is 0 Å². The SMILES string of the molecule is CCCCNC(=O)/C=C/c1ccc2cc(F)ccc2n1. The third-order valence-corrected chi connectivity index (χ3v) is 2.91. The highest BCUT2D eigenvalue weighted by molar-refractivity contribution is 5.91. The number of carbonyl (C=O) groups excluding carboxylic acids is 1. The van der Waals surface area contributed by atoms with Gasteiger partial charge in [0.05, 0.1) is 11.2 Å². The zero-order valence-electron chi connectivity index (χ0n) is 11.4. The summed E-state index contributed by atoms with van der Waals surface area (Å²) in [7, 11) is 0. The van der Waals surface area contributed by atoms with Crippen LogP contribution in [-0.2, 0) is 4.79 Å². The van der Waals surface area contributed by atoms with Crippen LogP contribution in [0.1, 0.15) is 25.5 Å². The van der Waals surface area contributed by atoms with Crippen molar-refractivity contribution in [2.45, 2.75) is 19.8 Å². The lowest BCUT2D eigenvalue weighted by atomic mass is 10.2. The van der Waals surface area contributed by atoms with E-state index in [-0.39, 0.29) is 11.7 Å². The number of nitrogens with zero attached hydrogens (tertiary/aromatic N) is 1. The van der Waals surface area contributed by atoms with Gasteiger partial charge in [-0.3, -0.25) is 4.79 Å². The van der Waals surface area contributed by atoms with Crippen molar-refractivity contribution in [3.05, 3.63) is 47.9 Å². The van der Waals surface area contributed by atoms with Crippen LogP contribution in [0.4, 0.5) is 4.39 Å². The summed E-state index contributed by atoms with van der Waals surface area (Å²) in [6.45, 7) is 2.76. The van der Waals surface area contributed by atoms with E-state index in [1.807, 2.05) is 0 Å². The summed E-state index contributed by atoms with van der Waals surface area (Å²) in [5, 5.41) is 3.54. The smallest absolute Gasteiger partial charge is 0.244 e. The number of carbonyl (C=O) groups is 1. The van der Waals surface area contributed by atoms with Gasteiger partial charge in [-0.05, 0) is 36.8 Å². The summed E-state index contributed by atoms with van der Waals surface area (Å²) in [6.07, 6.45) is 5.14. The Morgan fingerprint density at radius 2 is 2.20 bits per heavy atom. The van der Waals surface area contributed by atoms with Crippen LogP contribution in [-0.4, -0.2) is 17.4 Å². The number of hydrogen-bond donors (Lipinski definition) is 1. The highest BCUT2D eigenvalue weighted by Crippen LogP contribution is 2.14. The second kappa shape index (κ2) is 6.80. The monoisotopic (exact) mass is 272 g/mol. The molecule has 0 atom stereocenters. The number of rotatable bonds is 5. The molecule has 20 heavy (non-hydrogen) atoms. The van der Waals surface area contributed by atoms with Crippen molar-refractivity contribution in [1.82, 2.24) is 10.3 Å². The Bertz CT molecular complexity index is 637. The van der Waals surface area contributed by atoms with E-state index in [0.717, 1.165) is 18.2 Å². The molecule has 2 rings (SSSR count). The van der Waals surface area contributed by atoms with Gasteiger partial charge < -0.3 is 5.32 Å². The van der Waals surface area contributed by atoms with Gasteiger partial charge in [0.2, 0.25) is 5.91 Å². The maximum atomic E-state index is 13.0. The minimum atomic E-state index is -0.280. The molecule has 0 radical (unpaired) electrons. The summed E-state index contributed by atoms with van der Waals surface area (Å²) in [5.41, 5.74) is 1.38. The summed E-state index contributed by atoms with van der Waals surface area (Å²) < 4.78 is 13.0. The van der Waals surface area contributed by atoms with Gasteiger partial charge in [0.15, 0.2) is 0 Å². The topological polar surface area (TPSA) is 42.0 Å². The molecule has 104 valence electrons. The fourth-order valence-electron chi connectivity index (χ4n) is 1.81. The molecule has 2 aromatic rings. The third kappa shape index (κ3) is 3.88. The van der Waals surface area contributed by atoms with Crippen molar-refractivity contribution in [3.63, 3.8) is 0 Å².